The number of benzene rings is 8. The lowest BCUT2D eigenvalue weighted by Crippen LogP contribution is -2.24. The molecule has 0 unspecified atom stereocenters. The van der Waals surface area contributed by atoms with E-state index in [1.54, 1.807) is 11.3 Å². The number of thiophene rings is 1. The summed E-state index contributed by atoms with van der Waals surface area (Å²) >= 11 is 1.80. The predicted molar refractivity (Wildman–Crippen MR) is 188 cm³/mol. The van der Waals surface area contributed by atoms with Gasteiger partial charge < -0.3 is 4.57 Å². The van der Waals surface area contributed by atoms with Gasteiger partial charge in [-0.2, -0.15) is 0 Å². The van der Waals surface area contributed by atoms with E-state index in [4.69, 9.17) is 0 Å². The molecule has 0 bridgehead atoms. The van der Waals surface area contributed by atoms with Crippen molar-refractivity contribution in [3.05, 3.63) is 152 Å². The summed E-state index contributed by atoms with van der Waals surface area (Å²) in [5, 5.41) is 12.7. The van der Waals surface area contributed by atoms with Gasteiger partial charge >= 0.3 is 0 Å². The van der Waals surface area contributed by atoms with Crippen LogP contribution < -0.4 is 15.9 Å². The monoisotopic (exact) mass is 584 g/mol. The summed E-state index contributed by atoms with van der Waals surface area (Å²) in [6.45, 7) is 0. The third-order valence-electron chi connectivity index (χ3n) is 8.90. The van der Waals surface area contributed by atoms with Crippen molar-refractivity contribution in [2.45, 2.75) is 0 Å². The second kappa shape index (κ2) is 9.38. The highest BCUT2D eigenvalue weighted by Crippen LogP contribution is 2.45. The average Bonchev–Trinajstić information content (AvgIpc) is 3.45. The Morgan fingerprint density at radius 3 is 1.70 bits per heavy atom. The Bertz CT molecular complexity index is 2470. The maximum atomic E-state index is 15.1. The van der Waals surface area contributed by atoms with Crippen LogP contribution in [0.5, 0.6) is 0 Å². The van der Waals surface area contributed by atoms with Gasteiger partial charge in [-0.05, 0) is 73.8 Å². The van der Waals surface area contributed by atoms with Crippen LogP contribution in [0.3, 0.4) is 0 Å². The molecule has 1 aromatic heterocycles. The summed E-state index contributed by atoms with van der Waals surface area (Å²) in [5.74, 6) is 0. The predicted octanol–water partition coefficient (Wildman–Crippen LogP) is 10.3. The molecule has 0 aliphatic rings. The summed E-state index contributed by atoms with van der Waals surface area (Å²) in [6.07, 6.45) is 0. The molecule has 0 saturated heterocycles. The molecule has 9 aromatic rings. The minimum Gasteiger partial charge on any atom is -0.309 e. The van der Waals surface area contributed by atoms with E-state index in [9.17, 15) is 0 Å². The minimum absolute atomic E-state index is 0.856. The first-order valence-electron chi connectivity index (χ1n) is 14.5. The van der Waals surface area contributed by atoms with Gasteiger partial charge in [0.2, 0.25) is 0 Å². The second-order valence-electron chi connectivity index (χ2n) is 11.2. The van der Waals surface area contributed by atoms with Crippen molar-refractivity contribution in [2.75, 3.05) is 0 Å². The molecule has 8 aromatic carbocycles. The molecule has 43 heavy (non-hydrogen) atoms. The highest BCUT2D eigenvalue weighted by atomic mass is 32.1. The van der Waals surface area contributed by atoms with Crippen molar-refractivity contribution < 1.29 is 4.57 Å². The Hall–Kier alpha value is -4.75. The van der Waals surface area contributed by atoms with Crippen molar-refractivity contribution in [3.63, 3.8) is 0 Å². The lowest BCUT2D eigenvalue weighted by molar-refractivity contribution is 0.592. The first-order chi connectivity index (χ1) is 21.2. The highest BCUT2D eigenvalue weighted by Gasteiger charge is 2.30. The number of rotatable bonds is 4. The first kappa shape index (κ1) is 24.8. The average molecular weight is 585 g/mol. The van der Waals surface area contributed by atoms with Crippen LogP contribution in [0.4, 0.5) is 0 Å². The van der Waals surface area contributed by atoms with Crippen LogP contribution in [0.1, 0.15) is 0 Å². The molecular weight excluding hydrogens is 559 g/mol. The summed E-state index contributed by atoms with van der Waals surface area (Å²) in [4.78, 5) is 0. The lowest BCUT2D eigenvalue weighted by atomic mass is 9.89. The molecule has 0 fully saturated rings. The molecule has 9 rings (SSSR count). The number of hydrogen-bond acceptors (Lipinski definition) is 2. The third-order valence-corrected chi connectivity index (χ3v) is 13.1. The molecule has 0 atom stereocenters. The van der Waals surface area contributed by atoms with Gasteiger partial charge in [-0.1, -0.05) is 121 Å². The smallest absolute Gasteiger partial charge is 0.171 e. The third kappa shape index (κ3) is 3.67. The van der Waals surface area contributed by atoms with Crippen LogP contribution in [0.2, 0.25) is 0 Å². The zero-order valence-corrected chi connectivity index (χ0v) is 24.9. The fraction of sp³-hybridized carbons (Fsp3) is 0. The largest absolute Gasteiger partial charge is 0.309 e. The van der Waals surface area contributed by atoms with Crippen LogP contribution in [0.25, 0.3) is 63.6 Å². The van der Waals surface area contributed by atoms with E-state index in [0.29, 0.717) is 0 Å². The Morgan fingerprint density at radius 2 is 1.00 bits per heavy atom. The van der Waals surface area contributed by atoms with Gasteiger partial charge in [-0.3, -0.25) is 0 Å². The maximum absolute atomic E-state index is 15.1. The standard InChI is InChI=1S/C40H25OPS/c41-42(30-10-3-1-4-11-30,31-12-5-2-6-13-31)32-19-23-38-36(25-32)35-24-29(18-22-37(35)43-38)33-20-16-28-15-14-26-8-7-9-27-17-21-34(33)40(28)39(26)27/h1-25H. The molecule has 0 amide bonds. The van der Waals surface area contributed by atoms with Gasteiger partial charge in [-0.25, -0.2) is 0 Å². The SMILES string of the molecule is O=P(c1ccccc1)(c1ccccc1)c1ccc2sc3ccc(-c4ccc5ccc6cccc7ccc4c5c67)cc3c2c1. The van der Waals surface area contributed by atoms with Crippen molar-refractivity contribution >= 4 is 86.9 Å². The molecule has 0 aliphatic carbocycles. The van der Waals surface area contributed by atoms with E-state index in [0.717, 1.165) is 21.3 Å². The van der Waals surface area contributed by atoms with Crippen LogP contribution >= 0.6 is 18.5 Å². The first-order valence-corrected chi connectivity index (χ1v) is 17.1. The summed E-state index contributed by atoms with van der Waals surface area (Å²) in [6, 6.07) is 53.2. The van der Waals surface area contributed by atoms with E-state index < -0.39 is 7.14 Å². The molecule has 202 valence electrons. The van der Waals surface area contributed by atoms with E-state index in [-0.39, 0.29) is 0 Å². The molecule has 1 nitrogen and oxygen atoms in total. The van der Waals surface area contributed by atoms with Gasteiger partial charge in [0, 0.05) is 36.1 Å². The van der Waals surface area contributed by atoms with Gasteiger partial charge in [-0.15, -0.1) is 11.3 Å². The van der Waals surface area contributed by atoms with E-state index in [2.05, 4.69) is 91.0 Å². The molecule has 0 N–H and O–H groups in total. The quantitative estimate of drug-likeness (QED) is 0.149. The Morgan fingerprint density at radius 1 is 0.419 bits per heavy atom. The van der Waals surface area contributed by atoms with Gasteiger partial charge in [0.25, 0.3) is 0 Å². The fourth-order valence-corrected chi connectivity index (χ4v) is 10.6. The van der Waals surface area contributed by atoms with E-state index >= 15 is 4.57 Å². The zero-order chi connectivity index (χ0) is 28.5. The van der Waals surface area contributed by atoms with Gasteiger partial charge in [0.05, 0.1) is 0 Å². The van der Waals surface area contributed by atoms with Gasteiger partial charge in [0.15, 0.2) is 7.14 Å². The summed E-state index contributed by atoms with van der Waals surface area (Å²) < 4.78 is 17.6. The molecule has 0 aliphatic heterocycles. The van der Waals surface area contributed by atoms with Crippen LogP contribution in [-0.4, -0.2) is 0 Å². The van der Waals surface area contributed by atoms with E-state index in [1.807, 2.05) is 60.7 Å². The van der Waals surface area contributed by atoms with Crippen molar-refractivity contribution in [1.82, 2.24) is 0 Å². The fourth-order valence-electron chi connectivity index (χ4n) is 6.84. The molecular formula is C40H25OPS. The van der Waals surface area contributed by atoms with Crippen LogP contribution in [0, 0.1) is 0 Å². The van der Waals surface area contributed by atoms with Gasteiger partial charge in [0.1, 0.15) is 0 Å². The summed E-state index contributed by atoms with van der Waals surface area (Å²) in [7, 11) is -3.07. The minimum atomic E-state index is -3.07. The molecule has 0 radical (unpaired) electrons. The lowest BCUT2D eigenvalue weighted by Gasteiger charge is -2.20. The second-order valence-corrected chi connectivity index (χ2v) is 15.1. The topological polar surface area (TPSA) is 17.1 Å². The molecule has 0 saturated carbocycles. The van der Waals surface area contributed by atoms with E-state index in [1.165, 1.54) is 58.2 Å². The summed E-state index contributed by atoms with van der Waals surface area (Å²) in [5.41, 5.74) is 2.44. The highest BCUT2D eigenvalue weighted by molar-refractivity contribution is 7.85. The maximum Gasteiger partial charge on any atom is 0.171 e. The molecule has 1 heterocycles. The zero-order valence-electron chi connectivity index (χ0n) is 23.2. The Labute approximate surface area is 253 Å². The molecule has 3 heteroatoms. The van der Waals surface area contributed by atoms with Crippen LogP contribution in [0.15, 0.2) is 152 Å². The number of hydrogen-bond donors (Lipinski definition) is 0. The Balaban J connectivity index is 1.27. The van der Waals surface area contributed by atoms with Crippen LogP contribution in [-0.2, 0) is 4.57 Å². The van der Waals surface area contributed by atoms with Crippen molar-refractivity contribution in [1.29, 1.82) is 0 Å². The normalized spacial score (nSPS) is 12.3. The number of fused-ring (bicyclic) bond motifs is 3. The Kier molecular flexibility index (Phi) is 5.41. The van der Waals surface area contributed by atoms with Crippen molar-refractivity contribution in [2.24, 2.45) is 0 Å². The molecule has 0 spiro atoms. The van der Waals surface area contributed by atoms with Crippen molar-refractivity contribution in [3.8, 4) is 11.1 Å².